The Balaban J connectivity index is 1.58. The molecular formula is C18H18N6S. The van der Waals surface area contributed by atoms with E-state index in [4.69, 9.17) is 0 Å². The molecule has 1 aromatic carbocycles. The summed E-state index contributed by atoms with van der Waals surface area (Å²) < 4.78 is 4.08. The second-order valence-electron chi connectivity index (χ2n) is 5.77. The minimum absolute atomic E-state index is 0.718. The summed E-state index contributed by atoms with van der Waals surface area (Å²) >= 11 is 1.65. The van der Waals surface area contributed by atoms with Gasteiger partial charge in [-0.3, -0.25) is 4.40 Å². The first-order valence-electron chi connectivity index (χ1n) is 8.16. The number of aromatic nitrogens is 6. The Hall–Kier alpha value is -2.67. The van der Waals surface area contributed by atoms with Crippen LogP contribution in [0, 0.1) is 6.92 Å². The van der Waals surface area contributed by atoms with Gasteiger partial charge in [0.15, 0.2) is 11.0 Å². The van der Waals surface area contributed by atoms with Crippen LogP contribution in [0.1, 0.15) is 18.2 Å². The molecule has 0 saturated carbocycles. The number of benzene rings is 1. The smallest absolute Gasteiger partial charge is 0.233 e. The summed E-state index contributed by atoms with van der Waals surface area (Å²) in [7, 11) is 0. The molecule has 0 N–H and O–H groups in total. The third-order valence-electron chi connectivity index (χ3n) is 3.94. The van der Waals surface area contributed by atoms with Crippen molar-refractivity contribution in [2.75, 3.05) is 0 Å². The highest BCUT2D eigenvalue weighted by atomic mass is 32.2. The minimum Gasteiger partial charge on any atom is -0.302 e. The topological polar surface area (TPSA) is 60.9 Å². The van der Waals surface area contributed by atoms with Gasteiger partial charge in [-0.1, -0.05) is 35.5 Å². The van der Waals surface area contributed by atoms with E-state index < -0.39 is 0 Å². The molecule has 4 rings (SSSR count). The molecule has 3 aromatic heterocycles. The fraction of sp³-hybridized carbons (Fsp3) is 0.222. The van der Waals surface area contributed by atoms with E-state index in [0.29, 0.717) is 0 Å². The van der Waals surface area contributed by atoms with Gasteiger partial charge in [0.25, 0.3) is 0 Å². The molecule has 0 spiro atoms. The average Bonchev–Trinajstić information content (AvgIpc) is 3.23. The maximum absolute atomic E-state index is 4.53. The number of fused-ring (bicyclic) bond motifs is 1. The first-order valence-corrected chi connectivity index (χ1v) is 9.15. The number of aryl methyl sites for hydroxylation is 1. The highest BCUT2D eigenvalue weighted by Gasteiger charge is 2.14. The van der Waals surface area contributed by atoms with Crippen LogP contribution < -0.4 is 0 Å². The van der Waals surface area contributed by atoms with Crippen LogP contribution in [0.5, 0.6) is 0 Å². The standard InChI is InChI=1S/C18H18N6S/c1-3-24-16(14-7-4-6-13(2)10-14)21-22-18(24)25-12-15-11-23-9-5-8-19-17(23)20-15/h4-11H,3,12H2,1-2H3. The van der Waals surface area contributed by atoms with Crippen LogP contribution in [0.4, 0.5) is 0 Å². The first-order chi connectivity index (χ1) is 12.2. The lowest BCUT2D eigenvalue weighted by Crippen LogP contribution is -2.00. The highest BCUT2D eigenvalue weighted by Crippen LogP contribution is 2.26. The number of hydrogen-bond donors (Lipinski definition) is 0. The predicted molar refractivity (Wildman–Crippen MR) is 98.4 cm³/mol. The fourth-order valence-corrected chi connectivity index (χ4v) is 3.65. The van der Waals surface area contributed by atoms with Gasteiger partial charge < -0.3 is 4.57 Å². The molecule has 25 heavy (non-hydrogen) atoms. The van der Waals surface area contributed by atoms with E-state index in [-0.39, 0.29) is 0 Å². The SMILES string of the molecule is CCn1c(SCc2cn3cccnc3n2)nnc1-c1cccc(C)c1. The quantitative estimate of drug-likeness (QED) is 0.515. The molecule has 0 aliphatic carbocycles. The summed E-state index contributed by atoms with van der Waals surface area (Å²) in [6, 6.07) is 10.2. The number of imidazole rings is 1. The van der Waals surface area contributed by atoms with Gasteiger partial charge in [0.1, 0.15) is 0 Å². The Morgan fingerprint density at radius 3 is 2.88 bits per heavy atom. The van der Waals surface area contributed by atoms with Crippen molar-refractivity contribution in [2.45, 2.75) is 31.3 Å². The number of nitrogens with zero attached hydrogens (tertiary/aromatic N) is 6. The molecule has 4 aromatic rings. The minimum atomic E-state index is 0.718. The van der Waals surface area contributed by atoms with Gasteiger partial charge in [0, 0.05) is 36.5 Å². The third kappa shape index (κ3) is 3.15. The molecule has 3 heterocycles. The zero-order valence-corrected chi connectivity index (χ0v) is 14.9. The van der Waals surface area contributed by atoms with Crippen LogP contribution in [0.2, 0.25) is 0 Å². The molecule has 6 nitrogen and oxygen atoms in total. The van der Waals surface area contributed by atoms with Gasteiger partial charge in [-0.2, -0.15) is 0 Å². The van der Waals surface area contributed by atoms with Gasteiger partial charge in [-0.05, 0) is 26.0 Å². The summed E-state index contributed by atoms with van der Waals surface area (Å²) in [6.07, 6.45) is 5.71. The van der Waals surface area contributed by atoms with Gasteiger partial charge in [0.2, 0.25) is 5.78 Å². The van der Waals surface area contributed by atoms with Crippen molar-refractivity contribution in [3.8, 4) is 11.4 Å². The molecule has 0 unspecified atom stereocenters. The molecular weight excluding hydrogens is 332 g/mol. The summed E-state index contributed by atoms with van der Waals surface area (Å²) in [5.41, 5.74) is 3.29. The predicted octanol–water partition coefficient (Wildman–Crippen LogP) is 3.61. The normalized spacial score (nSPS) is 11.3. The Morgan fingerprint density at radius 2 is 2.08 bits per heavy atom. The Morgan fingerprint density at radius 1 is 1.16 bits per heavy atom. The van der Waals surface area contributed by atoms with Crippen LogP contribution in [-0.2, 0) is 12.3 Å². The van der Waals surface area contributed by atoms with Crippen molar-refractivity contribution >= 4 is 17.5 Å². The molecule has 0 fully saturated rings. The summed E-state index contributed by atoms with van der Waals surface area (Å²) in [4.78, 5) is 8.79. The van der Waals surface area contributed by atoms with Crippen molar-refractivity contribution in [3.05, 3.63) is 60.2 Å². The second-order valence-corrected chi connectivity index (χ2v) is 6.71. The van der Waals surface area contributed by atoms with Crippen LogP contribution in [0.25, 0.3) is 17.2 Å². The zero-order chi connectivity index (χ0) is 17.2. The molecule has 0 amide bonds. The molecule has 0 saturated heterocycles. The van der Waals surface area contributed by atoms with E-state index in [1.54, 1.807) is 18.0 Å². The maximum atomic E-state index is 4.53. The number of rotatable bonds is 5. The summed E-state index contributed by atoms with van der Waals surface area (Å²) in [6.45, 7) is 5.02. The van der Waals surface area contributed by atoms with Crippen LogP contribution >= 0.6 is 11.8 Å². The van der Waals surface area contributed by atoms with Gasteiger partial charge in [-0.25, -0.2) is 9.97 Å². The van der Waals surface area contributed by atoms with E-state index in [9.17, 15) is 0 Å². The Labute approximate surface area is 150 Å². The van der Waals surface area contributed by atoms with Gasteiger partial charge >= 0.3 is 0 Å². The number of hydrogen-bond acceptors (Lipinski definition) is 5. The van der Waals surface area contributed by atoms with E-state index in [2.05, 4.69) is 62.8 Å². The number of thioether (sulfide) groups is 1. The van der Waals surface area contributed by atoms with Gasteiger partial charge in [0.05, 0.1) is 5.69 Å². The van der Waals surface area contributed by atoms with Crippen LogP contribution in [-0.4, -0.2) is 29.1 Å². The van der Waals surface area contributed by atoms with Crippen molar-refractivity contribution in [2.24, 2.45) is 0 Å². The maximum Gasteiger partial charge on any atom is 0.233 e. The van der Waals surface area contributed by atoms with Crippen LogP contribution in [0.3, 0.4) is 0 Å². The lowest BCUT2D eigenvalue weighted by molar-refractivity contribution is 0.687. The Bertz CT molecular complexity index is 986. The molecule has 7 heteroatoms. The fourth-order valence-electron chi connectivity index (χ4n) is 2.77. The van der Waals surface area contributed by atoms with E-state index >= 15 is 0 Å². The molecule has 0 atom stereocenters. The molecule has 0 radical (unpaired) electrons. The largest absolute Gasteiger partial charge is 0.302 e. The van der Waals surface area contributed by atoms with E-state index in [1.165, 1.54) is 5.56 Å². The second kappa shape index (κ2) is 6.68. The monoisotopic (exact) mass is 350 g/mol. The van der Waals surface area contributed by atoms with E-state index in [1.807, 2.05) is 22.9 Å². The van der Waals surface area contributed by atoms with Crippen molar-refractivity contribution in [1.29, 1.82) is 0 Å². The van der Waals surface area contributed by atoms with Crippen molar-refractivity contribution < 1.29 is 0 Å². The van der Waals surface area contributed by atoms with Gasteiger partial charge in [-0.15, -0.1) is 10.2 Å². The first kappa shape index (κ1) is 15.8. The van der Waals surface area contributed by atoms with Crippen LogP contribution in [0.15, 0.2) is 54.1 Å². The lowest BCUT2D eigenvalue weighted by Gasteiger charge is -2.07. The molecule has 0 aliphatic heterocycles. The Kier molecular flexibility index (Phi) is 4.23. The molecule has 126 valence electrons. The molecule has 0 aliphatic rings. The molecule has 0 bridgehead atoms. The zero-order valence-electron chi connectivity index (χ0n) is 14.1. The third-order valence-corrected chi connectivity index (χ3v) is 4.94. The van der Waals surface area contributed by atoms with E-state index in [0.717, 1.165) is 40.3 Å². The average molecular weight is 350 g/mol. The van der Waals surface area contributed by atoms with Crippen molar-refractivity contribution in [1.82, 2.24) is 29.1 Å². The summed E-state index contributed by atoms with van der Waals surface area (Å²) in [5, 5.41) is 9.70. The van der Waals surface area contributed by atoms with Crippen molar-refractivity contribution in [3.63, 3.8) is 0 Å². The summed E-state index contributed by atoms with van der Waals surface area (Å²) in [5.74, 6) is 2.36. The highest BCUT2D eigenvalue weighted by molar-refractivity contribution is 7.98. The lowest BCUT2D eigenvalue weighted by atomic mass is 10.1.